The summed E-state index contributed by atoms with van der Waals surface area (Å²) in [7, 11) is 0. The number of nitrogens with one attached hydrogen (secondary N) is 1. The van der Waals surface area contributed by atoms with Crippen LogP contribution in [0.15, 0.2) is 29.2 Å². The summed E-state index contributed by atoms with van der Waals surface area (Å²) in [6.45, 7) is 4.25. The van der Waals surface area contributed by atoms with E-state index in [-0.39, 0.29) is 5.43 Å². The summed E-state index contributed by atoms with van der Waals surface area (Å²) in [5.41, 5.74) is 2.08. The molecule has 2 aromatic heterocycles. The maximum Gasteiger partial charge on any atom is 0.182 e. The summed E-state index contributed by atoms with van der Waals surface area (Å²) in [6.07, 6.45) is 2.88. The Bertz CT molecular complexity index is 495. The summed E-state index contributed by atoms with van der Waals surface area (Å²) < 4.78 is 1.97. The molecule has 1 atom stereocenters. The molecule has 0 radical (unpaired) electrons. The molecule has 0 aliphatic rings. The Morgan fingerprint density at radius 3 is 3.00 bits per heavy atom. The second-order valence-corrected chi connectivity index (χ2v) is 3.65. The molecule has 0 amide bonds. The Morgan fingerprint density at radius 1 is 1.50 bits per heavy atom. The highest BCUT2D eigenvalue weighted by Gasteiger charge is 2.08. The van der Waals surface area contributed by atoms with E-state index in [1.54, 1.807) is 12.1 Å². The van der Waals surface area contributed by atoms with E-state index in [0.717, 1.165) is 17.6 Å². The zero-order valence-electron chi connectivity index (χ0n) is 8.45. The van der Waals surface area contributed by atoms with Gasteiger partial charge in [0.15, 0.2) is 5.43 Å². The van der Waals surface area contributed by atoms with Crippen LogP contribution < -0.4 is 5.43 Å². The van der Waals surface area contributed by atoms with Crippen molar-refractivity contribution < 1.29 is 0 Å². The van der Waals surface area contributed by atoms with Crippen molar-refractivity contribution in [3.8, 4) is 0 Å². The minimum Gasteiger partial charge on any atom is -0.301 e. The Hall–Kier alpha value is -1.51. The maximum absolute atomic E-state index is 11.4. The molecule has 2 heterocycles. The Labute approximate surface area is 82.4 Å². The second kappa shape index (κ2) is 3.33. The van der Waals surface area contributed by atoms with Crippen LogP contribution in [-0.2, 0) is 0 Å². The van der Waals surface area contributed by atoms with Crippen LogP contribution in [0.5, 0.6) is 0 Å². The van der Waals surface area contributed by atoms with Crippen LogP contribution in [0.3, 0.4) is 0 Å². The van der Waals surface area contributed by atoms with Gasteiger partial charge in [-0.05, 0) is 18.4 Å². The maximum atomic E-state index is 11.4. The summed E-state index contributed by atoms with van der Waals surface area (Å²) >= 11 is 0. The smallest absolute Gasteiger partial charge is 0.182 e. The molecule has 14 heavy (non-hydrogen) atoms. The minimum atomic E-state index is 0.0832. The lowest BCUT2D eigenvalue weighted by molar-refractivity contribution is 0.674. The van der Waals surface area contributed by atoms with Crippen LogP contribution in [0.25, 0.3) is 5.52 Å². The molecule has 0 spiro atoms. The van der Waals surface area contributed by atoms with E-state index in [1.165, 1.54) is 0 Å². The average molecular weight is 190 g/mol. The van der Waals surface area contributed by atoms with E-state index in [1.807, 2.05) is 16.8 Å². The summed E-state index contributed by atoms with van der Waals surface area (Å²) in [6, 6.07) is 5.26. The molecule has 0 aliphatic heterocycles. The fraction of sp³-hybridized carbons (Fsp3) is 0.364. The van der Waals surface area contributed by atoms with Crippen molar-refractivity contribution in [2.45, 2.75) is 26.2 Å². The largest absolute Gasteiger partial charge is 0.301 e. The molecular formula is C11H14N2O. The highest BCUT2D eigenvalue weighted by molar-refractivity contribution is 5.46. The van der Waals surface area contributed by atoms with Crippen molar-refractivity contribution in [1.29, 1.82) is 0 Å². The first-order valence-electron chi connectivity index (χ1n) is 4.92. The molecule has 2 aromatic rings. The van der Waals surface area contributed by atoms with Gasteiger partial charge in [-0.3, -0.25) is 9.31 Å². The molecule has 74 valence electrons. The summed E-state index contributed by atoms with van der Waals surface area (Å²) in [4.78, 5) is 11.4. The average Bonchev–Trinajstić information content (AvgIpc) is 2.62. The van der Waals surface area contributed by atoms with Crippen LogP contribution >= 0.6 is 0 Å². The van der Waals surface area contributed by atoms with Crippen LogP contribution in [0, 0.1) is 0 Å². The molecule has 3 heteroatoms. The zero-order valence-corrected chi connectivity index (χ0v) is 8.45. The van der Waals surface area contributed by atoms with Gasteiger partial charge in [0.05, 0.1) is 5.52 Å². The number of nitrogens with zero attached hydrogens (tertiary/aromatic N) is 1. The Balaban J connectivity index is 2.72. The molecule has 0 aromatic carbocycles. The third kappa shape index (κ3) is 1.35. The quantitative estimate of drug-likeness (QED) is 0.774. The van der Waals surface area contributed by atoms with Gasteiger partial charge in [-0.15, -0.1) is 0 Å². The number of fused-ring (bicyclic) bond motifs is 1. The third-order valence-corrected chi connectivity index (χ3v) is 2.67. The van der Waals surface area contributed by atoms with Crippen LogP contribution in [-0.4, -0.2) is 9.61 Å². The van der Waals surface area contributed by atoms with Crippen molar-refractivity contribution in [1.82, 2.24) is 9.61 Å². The van der Waals surface area contributed by atoms with Gasteiger partial charge in [0.25, 0.3) is 0 Å². The van der Waals surface area contributed by atoms with Crippen molar-refractivity contribution in [2.24, 2.45) is 0 Å². The van der Waals surface area contributed by atoms with Crippen LogP contribution in [0.2, 0.25) is 0 Å². The van der Waals surface area contributed by atoms with Gasteiger partial charge in [-0.2, -0.15) is 0 Å². The van der Waals surface area contributed by atoms with Gasteiger partial charge in [-0.25, -0.2) is 0 Å². The van der Waals surface area contributed by atoms with Gasteiger partial charge >= 0.3 is 0 Å². The van der Waals surface area contributed by atoms with E-state index in [9.17, 15) is 4.79 Å². The lowest BCUT2D eigenvalue weighted by Gasteiger charge is -2.10. The van der Waals surface area contributed by atoms with Crippen molar-refractivity contribution in [3.05, 3.63) is 40.3 Å². The number of aromatic amines is 1. The third-order valence-electron chi connectivity index (χ3n) is 2.67. The highest BCUT2D eigenvalue weighted by Crippen LogP contribution is 2.17. The summed E-state index contributed by atoms with van der Waals surface area (Å²) in [5.74, 6) is 0.398. The molecular weight excluding hydrogens is 176 g/mol. The predicted octanol–water partition coefficient (Wildman–Crippen LogP) is 2.14. The second-order valence-electron chi connectivity index (χ2n) is 3.65. The first-order valence-corrected chi connectivity index (χ1v) is 4.92. The monoisotopic (exact) mass is 190 g/mol. The molecule has 1 N–H and O–H groups in total. The molecule has 2 rings (SSSR count). The van der Waals surface area contributed by atoms with Crippen molar-refractivity contribution in [3.63, 3.8) is 0 Å². The molecule has 0 bridgehead atoms. The number of pyridine rings is 1. The minimum absolute atomic E-state index is 0.0832. The first kappa shape index (κ1) is 9.06. The van der Waals surface area contributed by atoms with Crippen molar-refractivity contribution in [2.75, 3.05) is 0 Å². The first-order chi connectivity index (χ1) is 6.72. The van der Waals surface area contributed by atoms with Gasteiger partial charge in [0, 0.05) is 24.0 Å². The van der Waals surface area contributed by atoms with E-state index < -0.39 is 0 Å². The number of aromatic nitrogens is 2. The van der Waals surface area contributed by atoms with E-state index in [4.69, 9.17) is 0 Å². The fourth-order valence-corrected chi connectivity index (χ4v) is 1.65. The zero-order chi connectivity index (χ0) is 10.1. The Kier molecular flexibility index (Phi) is 2.15. The van der Waals surface area contributed by atoms with Crippen LogP contribution in [0.1, 0.15) is 31.9 Å². The highest BCUT2D eigenvalue weighted by atomic mass is 16.1. The number of hydrogen-bond acceptors (Lipinski definition) is 1. The van der Waals surface area contributed by atoms with Crippen molar-refractivity contribution >= 4 is 5.52 Å². The molecule has 1 unspecified atom stereocenters. The standard InChI is InChI=1S/C11H14N2O/c1-3-8(2)11-7-10(14)6-9-4-5-12-13(9)11/h4-8,12H,3H2,1-2H3. The molecule has 0 aliphatic carbocycles. The van der Waals surface area contributed by atoms with E-state index in [0.29, 0.717) is 5.92 Å². The van der Waals surface area contributed by atoms with Gasteiger partial charge in [0.1, 0.15) is 0 Å². The molecule has 0 fully saturated rings. The molecule has 3 nitrogen and oxygen atoms in total. The van der Waals surface area contributed by atoms with Gasteiger partial charge < -0.3 is 5.10 Å². The fourth-order valence-electron chi connectivity index (χ4n) is 1.65. The number of H-pyrrole nitrogens is 1. The molecule has 0 saturated heterocycles. The Morgan fingerprint density at radius 2 is 2.29 bits per heavy atom. The van der Waals surface area contributed by atoms with E-state index >= 15 is 0 Å². The summed E-state index contributed by atoms with van der Waals surface area (Å²) in [5, 5.41) is 3.11. The lowest BCUT2D eigenvalue weighted by atomic mass is 10.0. The predicted molar refractivity (Wildman–Crippen MR) is 56.7 cm³/mol. The normalized spacial score (nSPS) is 13.3. The topological polar surface area (TPSA) is 37.3 Å². The van der Waals surface area contributed by atoms with E-state index in [2.05, 4.69) is 18.9 Å². The SMILES string of the molecule is CCC(C)c1cc(=O)cc2cc[nH]n12. The lowest BCUT2D eigenvalue weighted by Crippen LogP contribution is -2.09. The number of hydrogen-bond donors (Lipinski definition) is 1. The van der Waals surface area contributed by atoms with Crippen LogP contribution in [0.4, 0.5) is 0 Å². The molecule has 0 saturated carbocycles. The van der Waals surface area contributed by atoms with Gasteiger partial charge in [-0.1, -0.05) is 13.8 Å². The van der Waals surface area contributed by atoms with Gasteiger partial charge in [0.2, 0.25) is 0 Å². The number of rotatable bonds is 2.